The molecule has 1 aromatic carbocycles. The molecule has 0 bridgehead atoms. The van der Waals surface area contributed by atoms with Crippen LogP contribution in [0.25, 0.3) is 10.9 Å². The topological polar surface area (TPSA) is 37.4 Å². The number of fused-ring (bicyclic) bond motifs is 1. The van der Waals surface area contributed by atoms with E-state index in [9.17, 15) is 0 Å². The van der Waals surface area contributed by atoms with Gasteiger partial charge in [-0.05, 0) is 38.4 Å². The molecule has 0 saturated heterocycles. The average molecular weight is 327 g/mol. The zero-order chi connectivity index (χ0) is 16.9. The Labute approximate surface area is 145 Å². The van der Waals surface area contributed by atoms with Crippen molar-refractivity contribution in [1.29, 1.82) is 0 Å². The van der Waals surface area contributed by atoms with E-state index in [0.717, 1.165) is 35.8 Å². The lowest BCUT2D eigenvalue weighted by Crippen LogP contribution is -2.36. The van der Waals surface area contributed by atoms with Gasteiger partial charge in [-0.1, -0.05) is 31.4 Å². The summed E-state index contributed by atoms with van der Waals surface area (Å²) in [6.07, 6.45) is 8.81. The third-order valence-corrected chi connectivity index (χ3v) is 5.23. The molecular formula is C20H29N3O. The molecule has 1 aliphatic rings. The fourth-order valence-corrected chi connectivity index (χ4v) is 3.76. The van der Waals surface area contributed by atoms with Crippen LogP contribution in [0.3, 0.4) is 0 Å². The molecule has 1 N–H and O–H groups in total. The number of aromatic nitrogens is 1. The van der Waals surface area contributed by atoms with Crippen LogP contribution in [0.4, 0.5) is 5.69 Å². The Balaban J connectivity index is 1.69. The summed E-state index contributed by atoms with van der Waals surface area (Å²) in [5.41, 5.74) is 3.28. The molecule has 0 spiro atoms. The minimum atomic E-state index is 0.760. The van der Waals surface area contributed by atoms with E-state index in [1.54, 1.807) is 7.11 Å². The Bertz CT molecular complexity index is 680. The number of anilines is 1. The molecule has 0 unspecified atom stereocenters. The van der Waals surface area contributed by atoms with Gasteiger partial charge in [-0.3, -0.25) is 4.98 Å². The summed E-state index contributed by atoms with van der Waals surface area (Å²) in [5.74, 6) is 0.829. The first-order valence-corrected chi connectivity index (χ1v) is 9.07. The summed E-state index contributed by atoms with van der Waals surface area (Å²) < 4.78 is 5.45. The highest BCUT2D eigenvalue weighted by Gasteiger charge is 2.17. The van der Waals surface area contributed by atoms with Crippen molar-refractivity contribution in [3.05, 3.63) is 30.0 Å². The fraction of sp³-hybridized carbons (Fsp3) is 0.550. The average Bonchev–Trinajstić information content (AvgIpc) is 2.63. The minimum Gasteiger partial charge on any atom is -0.494 e. The molecule has 1 heterocycles. The second-order valence-corrected chi connectivity index (χ2v) is 6.87. The number of ether oxygens (including phenoxy) is 1. The van der Waals surface area contributed by atoms with Crippen molar-refractivity contribution in [3.63, 3.8) is 0 Å². The number of rotatable bonds is 6. The third-order valence-electron chi connectivity index (χ3n) is 5.23. The van der Waals surface area contributed by atoms with E-state index in [0.29, 0.717) is 0 Å². The van der Waals surface area contributed by atoms with Gasteiger partial charge in [0, 0.05) is 36.4 Å². The van der Waals surface area contributed by atoms with Crippen LogP contribution >= 0.6 is 0 Å². The van der Waals surface area contributed by atoms with Gasteiger partial charge in [0.2, 0.25) is 0 Å². The zero-order valence-electron chi connectivity index (χ0n) is 15.1. The molecule has 130 valence electrons. The molecule has 1 saturated carbocycles. The van der Waals surface area contributed by atoms with Gasteiger partial charge in [0.05, 0.1) is 7.11 Å². The van der Waals surface area contributed by atoms with E-state index in [1.165, 1.54) is 43.4 Å². The van der Waals surface area contributed by atoms with Crippen molar-refractivity contribution < 1.29 is 4.74 Å². The van der Waals surface area contributed by atoms with Crippen LogP contribution in [0, 0.1) is 6.92 Å². The number of likely N-dealkylation sites (N-methyl/N-ethyl adjacent to an activating group) is 1. The first-order valence-electron chi connectivity index (χ1n) is 9.07. The lowest BCUT2D eigenvalue weighted by atomic mass is 9.94. The molecule has 24 heavy (non-hydrogen) atoms. The maximum absolute atomic E-state index is 5.45. The first-order chi connectivity index (χ1) is 11.7. The second kappa shape index (κ2) is 7.84. The van der Waals surface area contributed by atoms with E-state index in [-0.39, 0.29) is 0 Å². The maximum atomic E-state index is 5.45. The number of benzene rings is 1. The summed E-state index contributed by atoms with van der Waals surface area (Å²) in [6, 6.07) is 6.87. The molecule has 2 aromatic rings. The van der Waals surface area contributed by atoms with Crippen LogP contribution in [0.1, 0.15) is 37.7 Å². The Morgan fingerprint density at radius 1 is 1.25 bits per heavy atom. The minimum absolute atomic E-state index is 0.760. The lowest BCUT2D eigenvalue weighted by molar-refractivity contribution is 0.198. The highest BCUT2D eigenvalue weighted by Crippen LogP contribution is 2.31. The highest BCUT2D eigenvalue weighted by atomic mass is 16.5. The van der Waals surface area contributed by atoms with Crippen molar-refractivity contribution in [2.75, 3.05) is 32.6 Å². The van der Waals surface area contributed by atoms with Gasteiger partial charge < -0.3 is 15.0 Å². The highest BCUT2D eigenvalue weighted by molar-refractivity contribution is 5.96. The van der Waals surface area contributed by atoms with Crippen LogP contribution in [-0.4, -0.2) is 43.2 Å². The largest absolute Gasteiger partial charge is 0.494 e. The smallest absolute Gasteiger partial charge is 0.145 e. The molecular weight excluding hydrogens is 298 g/mol. The van der Waals surface area contributed by atoms with Gasteiger partial charge in [-0.2, -0.15) is 0 Å². The Morgan fingerprint density at radius 2 is 2.04 bits per heavy atom. The second-order valence-electron chi connectivity index (χ2n) is 6.87. The van der Waals surface area contributed by atoms with Crippen LogP contribution in [0.2, 0.25) is 0 Å². The Hall–Kier alpha value is -1.81. The zero-order valence-corrected chi connectivity index (χ0v) is 15.1. The summed E-state index contributed by atoms with van der Waals surface area (Å²) in [4.78, 5) is 7.07. The molecule has 0 radical (unpaired) electrons. The molecule has 1 aromatic heterocycles. The number of pyridine rings is 1. The third kappa shape index (κ3) is 3.64. The van der Waals surface area contributed by atoms with Crippen LogP contribution < -0.4 is 10.1 Å². The van der Waals surface area contributed by atoms with Crippen molar-refractivity contribution >= 4 is 16.6 Å². The summed E-state index contributed by atoms with van der Waals surface area (Å²) in [7, 11) is 3.96. The van der Waals surface area contributed by atoms with E-state index in [4.69, 9.17) is 4.74 Å². The predicted octanol–water partition coefficient (Wildman–Crippen LogP) is 4.23. The van der Waals surface area contributed by atoms with E-state index in [1.807, 2.05) is 18.3 Å². The van der Waals surface area contributed by atoms with Crippen molar-refractivity contribution in [3.8, 4) is 5.75 Å². The molecule has 0 atom stereocenters. The quantitative estimate of drug-likeness (QED) is 0.861. The number of nitrogens with one attached hydrogen (secondary N) is 1. The number of aryl methyl sites for hydroxylation is 1. The molecule has 4 heteroatoms. The SMILES string of the molecule is COc1cccc2c(NCCN(C)C3CCCCC3)c(C)cnc12. The monoisotopic (exact) mass is 327 g/mol. The summed E-state index contributed by atoms with van der Waals surface area (Å²) in [6.45, 7) is 4.13. The van der Waals surface area contributed by atoms with E-state index >= 15 is 0 Å². The predicted molar refractivity (Wildman–Crippen MR) is 101 cm³/mol. The number of hydrogen-bond donors (Lipinski definition) is 1. The molecule has 1 fully saturated rings. The van der Waals surface area contributed by atoms with E-state index < -0.39 is 0 Å². The lowest BCUT2D eigenvalue weighted by Gasteiger charge is -2.31. The first kappa shape index (κ1) is 17.0. The van der Waals surface area contributed by atoms with Gasteiger partial charge in [-0.15, -0.1) is 0 Å². The van der Waals surface area contributed by atoms with Gasteiger partial charge in [0.1, 0.15) is 11.3 Å². The normalized spacial score (nSPS) is 15.8. The Morgan fingerprint density at radius 3 is 2.79 bits per heavy atom. The van der Waals surface area contributed by atoms with Crippen LogP contribution in [0.15, 0.2) is 24.4 Å². The molecule has 1 aliphatic carbocycles. The number of methoxy groups -OCH3 is 1. The number of hydrogen-bond acceptors (Lipinski definition) is 4. The van der Waals surface area contributed by atoms with Gasteiger partial charge in [0.15, 0.2) is 0 Å². The van der Waals surface area contributed by atoms with Crippen molar-refractivity contribution in [2.45, 2.75) is 45.1 Å². The van der Waals surface area contributed by atoms with Crippen molar-refractivity contribution in [2.24, 2.45) is 0 Å². The molecule has 3 rings (SSSR count). The summed E-state index contributed by atoms with van der Waals surface area (Å²) >= 11 is 0. The fourth-order valence-electron chi connectivity index (χ4n) is 3.76. The molecule has 0 aliphatic heterocycles. The standard InChI is InChI=1S/C20H29N3O/c1-15-14-22-20-17(10-7-11-18(20)24-3)19(15)21-12-13-23(2)16-8-5-4-6-9-16/h7,10-11,14,16H,4-6,8-9,12-13H2,1-3H3,(H,21,22). The van der Waals surface area contributed by atoms with Crippen LogP contribution in [0.5, 0.6) is 5.75 Å². The summed E-state index contributed by atoms with van der Waals surface area (Å²) in [5, 5.41) is 4.77. The van der Waals surface area contributed by atoms with E-state index in [2.05, 4.69) is 35.2 Å². The Kier molecular flexibility index (Phi) is 5.56. The van der Waals surface area contributed by atoms with Gasteiger partial charge in [0.25, 0.3) is 0 Å². The van der Waals surface area contributed by atoms with Gasteiger partial charge >= 0.3 is 0 Å². The van der Waals surface area contributed by atoms with Crippen molar-refractivity contribution in [1.82, 2.24) is 9.88 Å². The number of para-hydroxylation sites is 1. The van der Waals surface area contributed by atoms with Gasteiger partial charge in [-0.25, -0.2) is 0 Å². The molecule has 0 amide bonds. The number of nitrogens with zero attached hydrogens (tertiary/aromatic N) is 2. The maximum Gasteiger partial charge on any atom is 0.145 e. The molecule has 4 nitrogen and oxygen atoms in total. The van der Waals surface area contributed by atoms with Crippen LogP contribution in [-0.2, 0) is 0 Å².